The van der Waals surface area contributed by atoms with Gasteiger partial charge in [0.2, 0.25) is 0 Å². The van der Waals surface area contributed by atoms with Gasteiger partial charge in [0.05, 0.1) is 11.0 Å². The van der Waals surface area contributed by atoms with Crippen LogP contribution in [0.3, 0.4) is 0 Å². The van der Waals surface area contributed by atoms with Crippen molar-refractivity contribution in [3.05, 3.63) is 33.9 Å². The van der Waals surface area contributed by atoms with E-state index in [1.807, 2.05) is 11.9 Å². The van der Waals surface area contributed by atoms with Crippen molar-refractivity contribution in [3.8, 4) is 6.07 Å². The fourth-order valence-electron chi connectivity index (χ4n) is 1.67. The summed E-state index contributed by atoms with van der Waals surface area (Å²) in [6.45, 7) is 1.34. The molecule has 0 atom stereocenters. The second-order valence-corrected chi connectivity index (χ2v) is 4.00. The Morgan fingerprint density at radius 1 is 1.56 bits per heavy atom. The molecule has 0 aliphatic carbocycles. The van der Waals surface area contributed by atoms with E-state index in [1.165, 1.54) is 6.07 Å². The van der Waals surface area contributed by atoms with Gasteiger partial charge >= 0.3 is 0 Å². The zero-order valence-corrected chi connectivity index (χ0v) is 10.5. The van der Waals surface area contributed by atoms with Gasteiger partial charge in [0, 0.05) is 32.6 Å². The summed E-state index contributed by atoms with van der Waals surface area (Å²) in [4.78, 5) is 12.4. The minimum Gasteiger partial charge on any atom is -0.383 e. The van der Waals surface area contributed by atoms with Gasteiger partial charge in [-0.1, -0.05) is 6.07 Å². The van der Waals surface area contributed by atoms with E-state index in [4.69, 9.17) is 5.26 Å². The SMILES string of the molecule is CNc1cc(CN(C)CCC#N)ccc1[N+](=O)[O-]. The van der Waals surface area contributed by atoms with E-state index in [-0.39, 0.29) is 5.69 Å². The zero-order chi connectivity index (χ0) is 13.5. The van der Waals surface area contributed by atoms with E-state index < -0.39 is 4.92 Å². The van der Waals surface area contributed by atoms with Crippen LogP contribution in [0.4, 0.5) is 11.4 Å². The maximum Gasteiger partial charge on any atom is 0.292 e. The molecule has 0 aliphatic heterocycles. The number of rotatable bonds is 6. The van der Waals surface area contributed by atoms with Crippen LogP contribution in [0.15, 0.2) is 18.2 Å². The number of nitriles is 1. The number of anilines is 1. The average molecular weight is 248 g/mol. The first-order chi connectivity index (χ1) is 8.58. The van der Waals surface area contributed by atoms with Gasteiger partial charge < -0.3 is 10.2 Å². The molecule has 0 unspecified atom stereocenters. The molecule has 0 fully saturated rings. The Morgan fingerprint density at radius 2 is 2.28 bits per heavy atom. The van der Waals surface area contributed by atoms with Crippen LogP contribution in [0.25, 0.3) is 0 Å². The largest absolute Gasteiger partial charge is 0.383 e. The zero-order valence-electron chi connectivity index (χ0n) is 10.5. The molecule has 1 rings (SSSR count). The molecule has 0 saturated heterocycles. The Hall–Kier alpha value is -2.13. The molecule has 0 heterocycles. The van der Waals surface area contributed by atoms with Gasteiger partial charge in [0.1, 0.15) is 5.69 Å². The number of nitro benzene ring substituents is 1. The van der Waals surface area contributed by atoms with Crippen molar-refractivity contribution in [1.29, 1.82) is 5.26 Å². The quantitative estimate of drug-likeness (QED) is 0.615. The lowest BCUT2D eigenvalue weighted by Gasteiger charge is -2.15. The van der Waals surface area contributed by atoms with Crippen molar-refractivity contribution >= 4 is 11.4 Å². The molecule has 0 saturated carbocycles. The number of benzene rings is 1. The molecular weight excluding hydrogens is 232 g/mol. The molecule has 6 nitrogen and oxygen atoms in total. The monoisotopic (exact) mass is 248 g/mol. The van der Waals surface area contributed by atoms with Gasteiger partial charge in [-0.3, -0.25) is 10.1 Å². The summed E-state index contributed by atoms with van der Waals surface area (Å²) in [6, 6.07) is 7.09. The van der Waals surface area contributed by atoms with Crippen LogP contribution in [0.1, 0.15) is 12.0 Å². The molecule has 1 N–H and O–H groups in total. The molecular formula is C12H16N4O2. The predicted molar refractivity (Wildman–Crippen MR) is 69.2 cm³/mol. The summed E-state index contributed by atoms with van der Waals surface area (Å²) in [5, 5.41) is 22.1. The van der Waals surface area contributed by atoms with Crippen LogP contribution in [-0.2, 0) is 6.54 Å². The first kappa shape index (κ1) is 13.9. The number of hydrogen-bond acceptors (Lipinski definition) is 5. The van der Waals surface area contributed by atoms with Gasteiger partial charge in [-0.2, -0.15) is 5.26 Å². The summed E-state index contributed by atoms with van der Waals surface area (Å²) in [7, 11) is 3.57. The number of nitrogens with one attached hydrogen (secondary N) is 1. The molecule has 0 amide bonds. The first-order valence-corrected chi connectivity index (χ1v) is 5.59. The van der Waals surface area contributed by atoms with E-state index in [0.29, 0.717) is 25.2 Å². The molecule has 1 aromatic rings. The Bertz CT molecular complexity index is 468. The van der Waals surface area contributed by atoms with Gasteiger partial charge in [0.25, 0.3) is 5.69 Å². The minimum absolute atomic E-state index is 0.0703. The fourth-order valence-corrected chi connectivity index (χ4v) is 1.67. The van der Waals surface area contributed by atoms with Crippen LogP contribution in [0, 0.1) is 21.4 Å². The number of nitrogens with zero attached hydrogens (tertiary/aromatic N) is 3. The molecule has 18 heavy (non-hydrogen) atoms. The Balaban J connectivity index is 2.80. The van der Waals surface area contributed by atoms with Crippen LogP contribution in [0.5, 0.6) is 0 Å². The van der Waals surface area contributed by atoms with E-state index in [9.17, 15) is 10.1 Å². The fraction of sp³-hybridized carbons (Fsp3) is 0.417. The summed E-state index contributed by atoms with van der Waals surface area (Å²) < 4.78 is 0. The lowest BCUT2D eigenvalue weighted by Crippen LogP contribution is -2.18. The molecule has 1 aromatic carbocycles. The van der Waals surface area contributed by atoms with Crippen molar-refractivity contribution in [2.24, 2.45) is 0 Å². The van der Waals surface area contributed by atoms with Gasteiger partial charge in [-0.05, 0) is 18.7 Å². The Kier molecular flexibility index (Phi) is 5.08. The Morgan fingerprint density at radius 3 is 2.83 bits per heavy atom. The van der Waals surface area contributed by atoms with E-state index in [1.54, 1.807) is 19.2 Å². The molecule has 0 spiro atoms. The highest BCUT2D eigenvalue weighted by molar-refractivity contribution is 5.62. The van der Waals surface area contributed by atoms with Crippen molar-refractivity contribution in [2.75, 3.05) is 26.0 Å². The average Bonchev–Trinajstić information content (AvgIpc) is 2.35. The van der Waals surface area contributed by atoms with Crippen molar-refractivity contribution in [3.63, 3.8) is 0 Å². The van der Waals surface area contributed by atoms with Crippen molar-refractivity contribution in [1.82, 2.24) is 4.90 Å². The summed E-state index contributed by atoms with van der Waals surface area (Å²) in [6.07, 6.45) is 0.475. The third kappa shape index (κ3) is 3.71. The number of nitro groups is 1. The minimum atomic E-state index is -0.408. The summed E-state index contributed by atoms with van der Waals surface area (Å²) in [5.74, 6) is 0. The highest BCUT2D eigenvalue weighted by Crippen LogP contribution is 2.25. The van der Waals surface area contributed by atoms with E-state index >= 15 is 0 Å². The van der Waals surface area contributed by atoms with Crippen molar-refractivity contribution < 1.29 is 4.92 Å². The highest BCUT2D eigenvalue weighted by Gasteiger charge is 2.13. The Labute approximate surface area is 106 Å². The second-order valence-electron chi connectivity index (χ2n) is 4.00. The molecule has 96 valence electrons. The van der Waals surface area contributed by atoms with Crippen molar-refractivity contribution in [2.45, 2.75) is 13.0 Å². The topological polar surface area (TPSA) is 82.2 Å². The molecule has 0 aromatic heterocycles. The van der Waals surface area contributed by atoms with Gasteiger partial charge in [-0.25, -0.2) is 0 Å². The number of hydrogen-bond donors (Lipinski definition) is 1. The molecule has 0 bridgehead atoms. The van der Waals surface area contributed by atoms with Gasteiger partial charge in [-0.15, -0.1) is 0 Å². The van der Waals surface area contributed by atoms with Crippen LogP contribution in [-0.4, -0.2) is 30.5 Å². The summed E-state index contributed by atoms with van der Waals surface area (Å²) in [5.41, 5.74) is 1.55. The normalized spacial score (nSPS) is 10.1. The molecule has 0 aliphatic rings. The predicted octanol–water partition coefficient (Wildman–Crippen LogP) is 1.98. The van der Waals surface area contributed by atoms with Crippen LogP contribution < -0.4 is 5.32 Å². The van der Waals surface area contributed by atoms with Crippen LogP contribution in [0.2, 0.25) is 0 Å². The molecule has 0 radical (unpaired) electrons. The van der Waals surface area contributed by atoms with Gasteiger partial charge in [0.15, 0.2) is 0 Å². The maximum absolute atomic E-state index is 10.8. The highest BCUT2D eigenvalue weighted by atomic mass is 16.6. The summed E-state index contributed by atoms with van der Waals surface area (Å²) >= 11 is 0. The van der Waals surface area contributed by atoms with E-state index in [0.717, 1.165) is 5.56 Å². The lowest BCUT2D eigenvalue weighted by molar-refractivity contribution is -0.384. The maximum atomic E-state index is 10.8. The second kappa shape index (κ2) is 6.57. The lowest BCUT2D eigenvalue weighted by atomic mass is 10.1. The third-order valence-electron chi connectivity index (χ3n) is 2.58. The third-order valence-corrected chi connectivity index (χ3v) is 2.58. The smallest absolute Gasteiger partial charge is 0.292 e. The van der Waals surface area contributed by atoms with Crippen LogP contribution >= 0.6 is 0 Å². The first-order valence-electron chi connectivity index (χ1n) is 5.59. The van der Waals surface area contributed by atoms with E-state index in [2.05, 4.69) is 11.4 Å². The molecule has 6 heteroatoms. The standard InChI is InChI=1S/C12H16N4O2/c1-14-11-8-10(4-5-12(11)16(17)18)9-15(2)7-3-6-13/h4-5,8,14H,3,7,9H2,1-2H3.